The zero-order valence-electron chi connectivity index (χ0n) is 10.0. The fraction of sp³-hybridized carbons (Fsp3) is 0.556. The van der Waals surface area contributed by atoms with Gasteiger partial charge < -0.3 is 4.74 Å². The zero-order valence-corrected chi connectivity index (χ0v) is 11.0. The third-order valence-electron chi connectivity index (χ3n) is 2.04. The molecule has 0 radical (unpaired) electrons. The predicted octanol–water partition coefficient (Wildman–Crippen LogP) is 2.11. The van der Waals surface area contributed by atoms with Crippen molar-refractivity contribution in [2.24, 2.45) is 0 Å². The van der Waals surface area contributed by atoms with Gasteiger partial charge in [-0.3, -0.25) is 10.1 Å². The summed E-state index contributed by atoms with van der Waals surface area (Å²) < 4.78 is 5.81. The molecule has 0 amide bonds. The Hall–Kier alpha value is -1.70. The Kier molecular flexibility index (Phi) is 4.00. The lowest BCUT2D eigenvalue weighted by Crippen LogP contribution is -2.24. The lowest BCUT2D eigenvalue weighted by Gasteiger charge is -2.14. The van der Waals surface area contributed by atoms with Crippen LogP contribution in [0, 0.1) is 10.1 Å². The van der Waals surface area contributed by atoms with Gasteiger partial charge in [-0.1, -0.05) is 19.6 Å². The molecule has 8 heteroatoms. The number of ether oxygens (including phenoxy) is 1. The first-order chi connectivity index (χ1) is 7.79. The Labute approximate surface area is 99.5 Å². The highest BCUT2D eigenvalue weighted by atomic mass is 28.3. The maximum atomic E-state index is 11.4. The smallest absolute Gasteiger partial charge is 0.434 e. The van der Waals surface area contributed by atoms with Gasteiger partial charge in [0.1, 0.15) is 12.4 Å². The van der Waals surface area contributed by atoms with Gasteiger partial charge in [-0.25, -0.2) is 4.79 Å². The molecule has 0 bridgehead atoms. The van der Waals surface area contributed by atoms with Crippen LogP contribution in [0.25, 0.3) is 0 Å². The molecule has 0 atom stereocenters. The average Bonchev–Trinajstić information content (AvgIpc) is 2.63. The summed E-state index contributed by atoms with van der Waals surface area (Å²) in [6.45, 7) is 6.82. The molecule has 0 N–H and O–H groups in total. The maximum absolute atomic E-state index is 11.4. The second kappa shape index (κ2) is 5.08. The van der Waals surface area contributed by atoms with E-state index in [1.54, 1.807) is 0 Å². The molecule has 94 valence electrons. The molecule has 0 saturated heterocycles. The number of carbonyl (C=O) groups is 1. The van der Waals surface area contributed by atoms with Crippen LogP contribution in [0.15, 0.2) is 12.4 Å². The molecular formula is C9H15N3O4Si. The van der Waals surface area contributed by atoms with Gasteiger partial charge in [0.15, 0.2) is 0 Å². The summed E-state index contributed by atoms with van der Waals surface area (Å²) in [7, 11) is -1.25. The highest BCUT2D eigenvalue weighted by Gasteiger charge is 2.17. The van der Waals surface area contributed by atoms with Crippen molar-refractivity contribution in [3.8, 4) is 0 Å². The van der Waals surface area contributed by atoms with E-state index in [1.807, 2.05) is 0 Å². The monoisotopic (exact) mass is 257 g/mol. The van der Waals surface area contributed by atoms with Gasteiger partial charge in [-0.15, -0.1) is 0 Å². The summed E-state index contributed by atoms with van der Waals surface area (Å²) >= 11 is 0. The molecule has 17 heavy (non-hydrogen) atoms. The van der Waals surface area contributed by atoms with E-state index < -0.39 is 19.1 Å². The number of rotatable bonds is 4. The van der Waals surface area contributed by atoms with Crippen molar-refractivity contribution in [2.45, 2.75) is 25.7 Å². The second-order valence-corrected chi connectivity index (χ2v) is 10.4. The minimum atomic E-state index is -1.25. The topological polar surface area (TPSA) is 87.3 Å². The maximum Gasteiger partial charge on any atom is 0.434 e. The first-order valence-corrected chi connectivity index (χ1v) is 8.86. The summed E-state index contributed by atoms with van der Waals surface area (Å²) in [6.07, 6.45) is 1.37. The van der Waals surface area contributed by atoms with Crippen molar-refractivity contribution in [2.75, 3.05) is 6.61 Å². The van der Waals surface area contributed by atoms with Crippen LogP contribution in [-0.4, -0.2) is 35.5 Å². The SMILES string of the molecule is C[Si](C)(C)CCOC(=O)n1cc([N+](=O)[O-])cn1. The lowest BCUT2D eigenvalue weighted by atomic mass is 10.6. The molecule has 0 aliphatic carbocycles. The standard InChI is InChI=1S/C9H15N3O4Si/c1-17(2,3)5-4-16-9(13)11-7-8(6-10-11)12(14)15/h6-7H,4-5H2,1-3H3. The molecular weight excluding hydrogens is 242 g/mol. The first-order valence-electron chi connectivity index (χ1n) is 5.16. The zero-order chi connectivity index (χ0) is 13.1. The Morgan fingerprint density at radius 3 is 2.71 bits per heavy atom. The molecule has 7 nitrogen and oxygen atoms in total. The van der Waals surface area contributed by atoms with Gasteiger partial charge in [-0.2, -0.15) is 9.78 Å². The summed E-state index contributed by atoms with van der Waals surface area (Å²) in [4.78, 5) is 21.2. The van der Waals surface area contributed by atoms with Crippen LogP contribution >= 0.6 is 0 Å². The van der Waals surface area contributed by atoms with Gasteiger partial charge in [0.25, 0.3) is 0 Å². The molecule has 1 heterocycles. The molecule has 0 aliphatic rings. The molecule has 1 aromatic rings. The van der Waals surface area contributed by atoms with Crippen LogP contribution < -0.4 is 0 Å². The van der Waals surface area contributed by atoms with E-state index in [2.05, 4.69) is 24.7 Å². The van der Waals surface area contributed by atoms with Gasteiger partial charge in [0.05, 0.1) is 11.5 Å². The lowest BCUT2D eigenvalue weighted by molar-refractivity contribution is -0.384. The summed E-state index contributed by atoms with van der Waals surface area (Å²) in [5, 5.41) is 14.0. The van der Waals surface area contributed by atoms with E-state index in [1.165, 1.54) is 0 Å². The number of aromatic nitrogens is 2. The molecule has 0 saturated carbocycles. The van der Waals surface area contributed by atoms with E-state index in [0.29, 0.717) is 6.61 Å². The fourth-order valence-corrected chi connectivity index (χ4v) is 1.73. The van der Waals surface area contributed by atoms with Gasteiger partial charge in [-0.05, 0) is 6.04 Å². The molecule has 0 spiro atoms. The molecule has 0 unspecified atom stereocenters. The highest BCUT2D eigenvalue weighted by molar-refractivity contribution is 6.76. The van der Waals surface area contributed by atoms with Crippen LogP contribution in [0.4, 0.5) is 10.5 Å². The van der Waals surface area contributed by atoms with Crippen molar-refractivity contribution in [1.82, 2.24) is 9.78 Å². The molecule has 0 aromatic carbocycles. The van der Waals surface area contributed by atoms with Crippen molar-refractivity contribution in [1.29, 1.82) is 0 Å². The summed E-state index contributed by atoms with van der Waals surface area (Å²) in [5.41, 5.74) is -0.229. The molecule has 1 rings (SSSR count). The Morgan fingerprint density at radius 1 is 1.59 bits per heavy atom. The van der Waals surface area contributed by atoms with Crippen LogP contribution in [0.2, 0.25) is 25.7 Å². The van der Waals surface area contributed by atoms with Crippen molar-refractivity contribution >= 4 is 19.9 Å². The minimum absolute atomic E-state index is 0.229. The normalized spacial score (nSPS) is 11.2. The Balaban J connectivity index is 2.50. The van der Waals surface area contributed by atoms with E-state index in [-0.39, 0.29) is 5.69 Å². The summed E-state index contributed by atoms with van der Waals surface area (Å²) in [6, 6.07) is 0.849. The first kappa shape index (κ1) is 13.4. The summed E-state index contributed by atoms with van der Waals surface area (Å²) in [5.74, 6) is 0. The number of hydrogen-bond donors (Lipinski definition) is 0. The van der Waals surface area contributed by atoms with E-state index >= 15 is 0 Å². The van der Waals surface area contributed by atoms with E-state index in [4.69, 9.17) is 4.74 Å². The quantitative estimate of drug-likeness (QED) is 0.468. The van der Waals surface area contributed by atoms with Crippen LogP contribution in [0.5, 0.6) is 0 Å². The van der Waals surface area contributed by atoms with E-state index in [9.17, 15) is 14.9 Å². The van der Waals surface area contributed by atoms with Crippen molar-refractivity contribution < 1.29 is 14.5 Å². The number of carbonyl (C=O) groups excluding carboxylic acids is 1. The Morgan fingerprint density at radius 2 is 2.24 bits per heavy atom. The number of nitrogens with zero attached hydrogens (tertiary/aromatic N) is 3. The average molecular weight is 257 g/mol. The highest BCUT2D eigenvalue weighted by Crippen LogP contribution is 2.10. The van der Waals surface area contributed by atoms with Gasteiger partial charge in [0.2, 0.25) is 0 Å². The minimum Gasteiger partial charge on any atom is -0.448 e. The third kappa shape index (κ3) is 4.35. The molecule has 1 aromatic heterocycles. The molecule has 0 fully saturated rings. The van der Waals surface area contributed by atoms with E-state index in [0.717, 1.165) is 23.1 Å². The second-order valence-electron chi connectivity index (χ2n) is 4.83. The van der Waals surface area contributed by atoms with Crippen molar-refractivity contribution in [3.05, 3.63) is 22.5 Å². The number of hydrogen-bond acceptors (Lipinski definition) is 5. The van der Waals surface area contributed by atoms with Crippen molar-refractivity contribution in [3.63, 3.8) is 0 Å². The predicted molar refractivity (Wildman–Crippen MR) is 63.8 cm³/mol. The largest absolute Gasteiger partial charge is 0.448 e. The Bertz CT molecular complexity index is 424. The fourth-order valence-electron chi connectivity index (χ4n) is 1.02. The van der Waals surface area contributed by atoms with Gasteiger partial charge in [0, 0.05) is 8.07 Å². The molecule has 0 aliphatic heterocycles. The number of nitro groups is 1. The van der Waals surface area contributed by atoms with Gasteiger partial charge >= 0.3 is 11.8 Å². The van der Waals surface area contributed by atoms with Crippen LogP contribution in [-0.2, 0) is 4.74 Å². The van der Waals surface area contributed by atoms with Crippen LogP contribution in [0.1, 0.15) is 0 Å². The third-order valence-corrected chi connectivity index (χ3v) is 3.75. The van der Waals surface area contributed by atoms with Crippen LogP contribution in [0.3, 0.4) is 0 Å².